The molecule has 0 bridgehead atoms. The largest absolute Gasteiger partial charge is 0.417 e. The Hall–Kier alpha value is -2.85. The number of aromatic amines is 1. The Morgan fingerprint density at radius 2 is 1.67 bits per heavy atom. The van der Waals surface area contributed by atoms with Crippen molar-refractivity contribution in [2.75, 3.05) is 0 Å². The summed E-state index contributed by atoms with van der Waals surface area (Å²) in [6.45, 7) is 0.833. The van der Waals surface area contributed by atoms with Crippen LogP contribution in [-0.4, -0.2) is 19.3 Å². The second kappa shape index (κ2) is 7.59. The summed E-state index contributed by atoms with van der Waals surface area (Å²) in [6.07, 6.45) is -3.37. The number of hydrogen-bond acceptors (Lipinski definition) is 2. The number of nitrogens with one attached hydrogen (secondary N) is 1. The van der Waals surface area contributed by atoms with Crippen molar-refractivity contribution in [2.45, 2.75) is 32.1 Å². The van der Waals surface area contributed by atoms with Crippen LogP contribution in [0.25, 0.3) is 33.5 Å². The van der Waals surface area contributed by atoms with Gasteiger partial charge in [-0.2, -0.15) is 13.2 Å². The molecule has 1 aliphatic rings. The Labute approximate surface area is 192 Å². The van der Waals surface area contributed by atoms with E-state index >= 15 is 4.39 Å². The molecular formula is C21H13Cl2F5N4O. The lowest BCUT2D eigenvalue weighted by molar-refractivity contribution is -0.137. The van der Waals surface area contributed by atoms with E-state index in [0.29, 0.717) is 19.2 Å². The molecule has 1 aliphatic heterocycles. The van der Waals surface area contributed by atoms with Gasteiger partial charge in [0, 0.05) is 13.1 Å². The lowest BCUT2D eigenvalue weighted by Gasteiger charge is -2.17. The fourth-order valence-electron chi connectivity index (χ4n) is 4.20. The molecule has 0 saturated carbocycles. The van der Waals surface area contributed by atoms with Gasteiger partial charge in [0.15, 0.2) is 0 Å². The first-order chi connectivity index (χ1) is 15.6. The molecule has 2 aromatic carbocycles. The number of hydrogen-bond donors (Lipinski definition) is 1. The average molecular weight is 503 g/mol. The van der Waals surface area contributed by atoms with Crippen molar-refractivity contribution >= 4 is 34.2 Å². The minimum atomic E-state index is -4.88. The predicted molar refractivity (Wildman–Crippen MR) is 113 cm³/mol. The zero-order chi connectivity index (χ0) is 23.7. The molecule has 0 amide bonds. The molecule has 5 rings (SSSR count). The minimum absolute atomic E-state index is 0.0137. The normalized spacial score (nSPS) is 14.2. The molecule has 0 spiro atoms. The van der Waals surface area contributed by atoms with Crippen molar-refractivity contribution in [1.29, 1.82) is 0 Å². The van der Waals surface area contributed by atoms with E-state index in [-0.39, 0.29) is 32.3 Å². The fourth-order valence-corrected chi connectivity index (χ4v) is 4.78. The first kappa shape index (κ1) is 22.0. The SMILES string of the molecule is O=c1c(-c2c(F)cc(Cl)c3nc(-c4c(F)cccc4C(F)(F)F)[nH]c23)c(Cl)n2n1CCCC2. The van der Waals surface area contributed by atoms with E-state index in [2.05, 4.69) is 9.97 Å². The van der Waals surface area contributed by atoms with Gasteiger partial charge in [0.1, 0.15) is 28.1 Å². The second-order valence-electron chi connectivity index (χ2n) is 7.61. The highest BCUT2D eigenvalue weighted by atomic mass is 35.5. The van der Waals surface area contributed by atoms with Gasteiger partial charge < -0.3 is 4.98 Å². The number of benzene rings is 2. The highest BCUT2D eigenvalue weighted by molar-refractivity contribution is 6.36. The number of fused-ring (bicyclic) bond motifs is 2. The minimum Gasteiger partial charge on any atom is -0.337 e. The van der Waals surface area contributed by atoms with E-state index in [1.54, 1.807) is 0 Å². The molecule has 0 fully saturated rings. The molecule has 4 aromatic rings. The highest BCUT2D eigenvalue weighted by Gasteiger charge is 2.36. The zero-order valence-corrected chi connectivity index (χ0v) is 18.0. The summed E-state index contributed by atoms with van der Waals surface area (Å²) < 4.78 is 73.2. The molecule has 172 valence electrons. The van der Waals surface area contributed by atoms with E-state index in [1.807, 2.05) is 0 Å². The van der Waals surface area contributed by atoms with Gasteiger partial charge in [0.25, 0.3) is 5.56 Å². The van der Waals surface area contributed by atoms with Gasteiger partial charge in [-0.3, -0.25) is 9.48 Å². The molecule has 0 unspecified atom stereocenters. The Balaban J connectivity index is 1.83. The third-order valence-corrected chi connectivity index (χ3v) is 6.31. The van der Waals surface area contributed by atoms with Gasteiger partial charge in [-0.25, -0.2) is 18.4 Å². The van der Waals surface area contributed by atoms with Gasteiger partial charge in [0.05, 0.1) is 32.8 Å². The van der Waals surface area contributed by atoms with Crippen LogP contribution in [-0.2, 0) is 19.3 Å². The van der Waals surface area contributed by atoms with E-state index in [1.165, 1.54) is 9.36 Å². The van der Waals surface area contributed by atoms with Gasteiger partial charge >= 0.3 is 6.18 Å². The molecule has 2 aromatic heterocycles. The van der Waals surface area contributed by atoms with Crippen LogP contribution in [0.2, 0.25) is 10.2 Å². The summed E-state index contributed by atoms with van der Waals surface area (Å²) >= 11 is 12.5. The summed E-state index contributed by atoms with van der Waals surface area (Å²) in [5, 5.41) is -0.237. The number of nitrogens with zero attached hydrogens (tertiary/aromatic N) is 3. The summed E-state index contributed by atoms with van der Waals surface area (Å²) in [7, 11) is 0. The maximum absolute atomic E-state index is 15.1. The predicted octanol–water partition coefficient (Wildman–Crippen LogP) is 6.26. The van der Waals surface area contributed by atoms with E-state index in [9.17, 15) is 22.4 Å². The molecule has 0 atom stereocenters. The van der Waals surface area contributed by atoms with Crippen LogP contribution in [0.4, 0.5) is 22.0 Å². The number of aromatic nitrogens is 4. The van der Waals surface area contributed by atoms with Crippen molar-refractivity contribution in [2.24, 2.45) is 0 Å². The lowest BCUT2D eigenvalue weighted by Crippen LogP contribution is -2.27. The number of rotatable bonds is 2. The van der Waals surface area contributed by atoms with E-state index in [0.717, 1.165) is 31.0 Å². The lowest BCUT2D eigenvalue weighted by atomic mass is 10.1. The molecule has 5 nitrogen and oxygen atoms in total. The van der Waals surface area contributed by atoms with Gasteiger partial charge in [-0.15, -0.1) is 0 Å². The van der Waals surface area contributed by atoms with Crippen LogP contribution >= 0.6 is 23.2 Å². The van der Waals surface area contributed by atoms with Crippen molar-refractivity contribution < 1.29 is 22.0 Å². The van der Waals surface area contributed by atoms with Crippen LogP contribution in [0.3, 0.4) is 0 Å². The van der Waals surface area contributed by atoms with Gasteiger partial charge in [-0.1, -0.05) is 29.3 Å². The zero-order valence-electron chi connectivity index (χ0n) is 16.5. The van der Waals surface area contributed by atoms with Crippen LogP contribution in [0, 0.1) is 11.6 Å². The molecular weight excluding hydrogens is 490 g/mol. The van der Waals surface area contributed by atoms with Crippen LogP contribution < -0.4 is 5.56 Å². The van der Waals surface area contributed by atoms with Crippen LogP contribution in [0.1, 0.15) is 18.4 Å². The van der Waals surface area contributed by atoms with Gasteiger partial charge in [0.2, 0.25) is 0 Å². The summed E-state index contributed by atoms with van der Waals surface area (Å²) in [5.41, 5.74) is -3.40. The molecule has 33 heavy (non-hydrogen) atoms. The number of imidazole rings is 1. The molecule has 12 heteroatoms. The Bertz CT molecular complexity index is 1490. The first-order valence-corrected chi connectivity index (χ1v) is 10.6. The first-order valence-electron chi connectivity index (χ1n) is 9.83. The second-order valence-corrected chi connectivity index (χ2v) is 8.37. The quantitative estimate of drug-likeness (QED) is 0.329. The smallest absolute Gasteiger partial charge is 0.337 e. The van der Waals surface area contributed by atoms with E-state index in [4.69, 9.17) is 23.2 Å². The third-order valence-electron chi connectivity index (χ3n) is 5.64. The monoisotopic (exact) mass is 502 g/mol. The standard InChI is InChI=1S/C21H13Cl2F5N4O/c22-10-8-12(25)14(15-18(23)31-6-1-2-7-32(31)20(15)33)17-16(10)29-19(30-17)13-9(21(26,27)28)4-3-5-11(13)24/h3-5,8H,1-2,6-7H2,(H,29,30). The van der Waals surface area contributed by atoms with Crippen molar-refractivity contribution in [1.82, 2.24) is 19.3 Å². The molecule has 0 radical (unpaired) electrons. The molecule has 3 heterocycles. The Morgan fingerprint density at radius 1 is 0.970 bits per heavy atom. The summed E-state index contributed by atoms with van der Waals surface area (Å²) in [5.74, 6) is -2.61. The number of H-pyrrole nitrogens is 1. The maximum Gasteiger partial charge on any atom is 0.417 e. The fraction of sp³-hybridized carbons (Fsp3) is 0.238. The highest BCUT2D eigenvalue weighted by Crippen LogP contribution is 2.41. The number of halogens is 7. The third kappa shape index (κ3) is 3.34. The topological polar surface area (TPSA) is 55.6 Å². The Morgan fingerprint density at radius 3 is 2.33 bits per heavy atom. The summed E-state index contributed by atoms with van der Waals surface area (Å²) in [4.78, 5) is 19.6. The van der Waals surface area contributed by atoms with Gasteiger partial charge in [-0.05, 0) is 31.0 Å². The Kier molecular flexibility index (Phi) is 5.06. The van der Waals surface area contributed by atoms with Crippen LogP contribution in [0.5, 0.6) is 0 Å². The van der Waals surface area contributed by atoms with Crippen molar-refractivity contribution in [3.63, 3.8) is 0 Å². The molecule has 0 saturated heterocycles. The maximum atomic E-state index is 15.1. The van der Waals surface area contributed by atoms with Crippen LogP contribution in [0.15, 0.2) is 29.1 Å². The molecule has 1 N–H and O–H groups in total. The average Bonchev–Trinajstić information content (AvgIpc) is 3.29. The van der Waals surface area contributed by atoms with E-state index < -0.39 is 40.3 Å². The summed E-state index contributed by atoms with van der Waals surface area (Å²) in [6, 6.07) is 3.38. The van der Waals surface area contributed by atoms with Crippen molar-refractivity contribution in [3.05, 3.63) is 62.0 Å². The molecule has 0 aliphatic carbocycles. The number of alkyl halides is 3. The van der Waals surface area contributed by atoms with Crippen molar-refractivity contribution in [3.8, 4) is 22.5 Å².